The average molecular weight is 286 g/mol. The van der Waals surface area contributed by atoms with Crippen LogP contribution in [0.3, 0.4) is 0 Å². The molecule has 0 heterocycles. The van der Waals surface area contributed by atoms with E-state index >= 15 is 0 Å². The van der Waals surface area contributed by atoms with Gasteiger partial charge in [-0.3, -0.25) is 19.2 Å². The van der Waals surface area contributed by atoms with Gasteiger partial charge in [0.1, 0.15) is 0 Å². The van der Waals surface area contributed by atoms with Crippen molar-refractivity contribution in [2.24, 2.45) is 5.41 Å². The molecule has 4 amide bonds. The van der Waals surface area contributed by atoms with E-state index in [1.807, 2.05) is 0 Å². The molecule has 0 aliphatic rings. The van der Waals surface area contributed by atoms with Crippen molar-refractivity contribution in [2.75, 3.05) is 26.7 Å². The lowest BCUT2D eigenvalue weighted by atomic mass is 9.96. The first-order valence-corrected chi connectivity index (χ1v) is 6.19. The van der Waals surface area contributed by atoms with Crippen LogP contribution in [0.2, 0.25) is 0 Å². The number of amides is 4. The Morgan fingerprint density at radius 3 is 1.55 bits per heavy atom. The Bertz CT molecular complexity index is 387. The Hall–Kier alpha value is -2.12. The molecule has 0 saturated carbocycles. The topological polar surface area (TPSA) is 116 Å². The summed E-state index contributed by atoms with van der Waals surface area (Å²) in [5, 5.41) is 9.46. The van der Waals surface area contributed by atoms with Gasteiger partial charge in [0.25, 0.3) is 0 Å². The van der Waals surface area contributed by atoms with Crippen molar-refractivity contribution < 1.29 is 19.2 Å². The molecule has 0 fully saturated rings. The highest BCUT2D eigenvalue weighted by atomic mass is 16.2. The number of hydrogen-bond donors (Lipinski definition) is 4. The Balaban J connectivity index is 3.86. The van der Waals surface area contributed by atoms with Crippen LogP contribution < -0.4 is 21.3 Å². The van der Waals surface area contributed by atoms with Crippen LogP contribution in [0, 0.1) is 5.41 Å². The molecule has 4 N–H and O–H groups in total. The van der Waals surface area contributed by atoms with Gasteiger partial charge >= 0.3 is 0 Å². The van der Waals surface area contributed by atoms with Gasteiger partial charge in [0.05, 0.1) is 19.6 Å². The SMILES string of the molecule is CNC(=O)CNC(=O)CNC(=O)CNC(=O)C(C)(C)C. The highest BCUT2D eigenvalue weighted by Crippen LogP contribution is 2.11. The van der Waals surface area contributed by atoms with E-state index in [1.54, 1.807) is 20.8 Å². The van der Waals surface area contributed by atoms with E-state index < -0.39 is 17.2 Å². The molecule has 0 rings (SSSR count). The molecule has 0 aromatic heterocycles. The first kappa shape index (κ1) is 17.9. The third-order valence-corrected chi connectivity index (χ3v) is 2.26. The number of nitrogens with one attached hydrogen (secondary N) is 4. The van der Waals surface area contributed by atoms with Crippen LogP contribution in [0.4, 0.5) is 0 Å². The summed E-state index contributed by atoms with van der Waals surface area (Å²) in [4.78, 5) is 45.0. The van der Waals surface area contributed by atoms with Crippen LogP contribution in [-0.2, 0) is 19.2 Å². The van der Waals surface area contributed by atoms with Crippen LogP contribution in [-0.4, -0.2) is 50.3 Å². The molecule has 0 aromatic carbocycles. The van der Waals surface area contributed by atoms with Gasteiger partial charge in [0, 0.05) is 12.5 Å². The standard InChI is InChI=1S/C12H22N4O4/c1-12(2,3)11(20)16-7-10(19)15-6-9(18)14-5-8(17)13-4/h5-7H2,1-4H3,(H,13,17)(H,14,18)(H,15,19)(H,16,20). The minimum absolute atomic E-state index is 0.147. The van der Waals surface area contributed by atoms with Crippen LogP contribution in [0.25, 0.3) is 0 Å². The number of hydrogen-bond acceptors (Lipinski definition) is 4. The summed E-state index contributed by atoms with van der Waals surface area (Å²) < 4.78 is 0. The second kappa shape index (κ2) is 8.13. The average Bonchev–Trinajstić information content (AvgIpc) is 2.38. The van der Waals surface area contributed by atoms with E-state index in [9.17, 15) is 19.2 Å². The minimum Gasteiger partial charge on any atom is -0.358 e. The Morgan fingerprint density at radius 2 is 1.15 bits per heavy atom. The molecule has 0 aliphatic carbocycles. The van der Waals surface area contributed by atoms with Gasteiger partial charge in [-0.25, -0.2) is 0 Å². The van der Waals surface area contributed by atoms with Crippen molar-refractivity contribution in [3.8, 4) is 0 Å². The largest absolute Gasteiger partial charge is 0.358 e. The van der Waals surface area contributed by atoms with Gasteiger partial charge < -0.3 is 21.3 Å². The fourth-order valence-electron chi connectivity index (χ4n) is 0.997. The molecule has 0 aliphatic heterocycles. The second-order valence-electron chi connectivity index (χ2n) is 5.16. The van der Waals surface area contributed by atoms with Crippen LogP contribution in [0.5, 0.6) is 0 Å². The molecule has 0 spiro atoms. The monoisotopic (exact) mass is 286 g/mol. The number of carbonyl (C=O) groups excluding carboxylic acids is 4. The first-order chi connectivity index (χ1) is 9.16. The van der Waals surface area contributed by atoms with Gasteiger partial charge in [0.2, 0.25) is 23.6 Å². The van der Waals surface area contributed by atoms with Gasteiger partial charge in [-0.15, -0.1) is 0 Å². The zero-order valence-corrected chi connectivity index (χ0v) is 12.3. The summed E-state index contributed by atoms with van der Waals surface area (Å²) in [6.07, 6.45) is 0. The lowest BCUT2D eigenvalue weighted by Crippen LogP contribution is -2.45. The molecule has 0 saturated heterocycles. The van der Waals surface area contributed by atoms with Gasteiger partial charge in [-0.05, 0) is 0 Å². The van der Waals surface area contributed by atoms with Crippen molar-refractivity contribution in [1.82, 2.24) is 21.3 Å². The van der Waals surface area contributed by atoms with Crippen molar-refractivity contribution in [3.05, 3.63) is 0 Å². The number of rotatable bonds is 6. The minimum atomic E-state index is -0.578. The molecule has 8 nitrogen and oxygen atoms in total. The maximum Gasteiger partial charge on any atom is 0.239 e. The zero-order chi connectivity index (χ0) is 15.8. The molecule has 0 bridgehead atoms. The Kier molecular flexibility index (Phi) is 7.27. The summed E-state index contributed by atoms with van der Waals surface area (Å²) in [5.41, 5.74) is -0.578. The Morgan fingerprint density at radius 1 is 0.750 bits per heavy atom. The van der Waals surface area contributed by atoms with E-state index in [4.69, 9.17) is 0 Å². The van der Waals surface area contributed by atoms with E-state index in [1.165, 1.54) is 7.05 Å². The molecule has 0 unspecified atom stereocenters. The van der Waals surface area contributed by atoms with E-state index in [-0.39, 0.29) is 31.4 Å². The van der Waals surface area contributed by atoms with Crippen molar-refractivity contribution >= 4 is 23.6 Å². The van der Waals surface area contributed by atoms with E-state index in [0.29, 0.717) is 0 Å². The number of likely N-dealkylation sites (N-methyl/N-ethyl adjacent to an activating group) is 1. The lowest BCUT2D eigenvalue weighted by molar-refractivity contribution is -0.131. The summed E-state index contributed by atoms with van der Waals surface area (Å²) in [6.45, 7) is 4.59. The van der Waals surface area contributed by atoms with E-state index in [0.717, 1.165) is 0 Å². The molecule has 20 heavy (non-hydrogen) atoms. The predicted octanol–water partition coefficient (Wildman–Crippen LogP) is -1.87. The maximum atomic E-state index is 11.5. The van der Waals surface area contributed by atoms with Crippen molar-refractivity contribution in [1.29, 1.82) is 0 Å². The van der Waals surface area contributed by atoms with E-state index in [2.05, 4.69) is 21.3 Å². The fraction of sp³-hybridized carbons (Fsp3) is 0.667. The summed E-state index contributed by atoms with van der Waals surface area (Å²) in [6, 6.07) is 0. The smallest absolute Gasteiger partial charge is 0.239 e. The quantitative estimate of drug-likeness (QED) is 0.457. The maximum absolute atomic E-state index is 11.5. The predicted molar refractivity (Wildman–Crippen MR) is 72.6 cm³/mol. The second-order valence-corrected chi connectivity index (χ2v) is 5.16. The zero-order valence-electron chi connectivity index (χ0n) is 12.3. The lowest BCUT2D eigenvalue weighted by Gasteiger charge is -2.17. The molecule has 114 valence electrons. The molecule has 0 radical (unpaired) electrons. The van der Waals surface area contributed by atoms with Gasteiger partial charge in [-0.1, -0.05) is 20.8 Å². The third kappa shape index (κ3) is 8.06. The molecule has 0 aromatic rings. The molecular weight excluding hydrogens is 264 g/mol. The van der Waals surface area contributed by atoms with Crippen LogP contribution in [0.1, 0.15) is 20.8 Å². The summed E-state index contributed by atoms with van der Waals surface area (Å²) in [5.74, 6) is -1.54. The number of carbonyl (C=O) groups is 4. The molecule has 0 atom stereocenters. The highest BCUT2D eigenvalue weighted by molar-refractivity contribution is 5.90. The van der Waals surface area contributed by atoms with Gasteiger partial charge in [0.15, 0.2) is 0 Å². The third-order valence-electron chi connectivity index (χ3n) is 2.26. The first-order valence-electron chi connectivity index (χ1n) is 6.19. The summed E-state index contributed by atoms with van der Waals surface area (Å²) >= 11 is 0. The van der Waals surface area contributed by atoms with Crippen LogP contribution in [0.15, 0.2) is 0 Å². The van der Waals surface area contributed by atoms with Crippen molar-refractivity contribution in [3.63, 3.8) is 0 Å². The summed E-state index contributed by atoms with van der Waals surface area (Å²) in [7, 11) is 1.45. The van der Waals surface area contributed by atoms with Crippen molar-refractivity contribution in [2.45, 2.75) is 20.8 Å². The normalized spacial score (nSPS) is 10.4. The fourth-order valence-corrected chi connectivity index (χ4v) is 0.997. The van der Waals surface area contributed by atoms with Crippen LogP contribution >= 0.6 is 0 Å². The Labute approximate surface area is 118 Å². The van der Waals surface area contributed by atoms with Gasteiger partial charge in [-0.2, -0.15) is 0 Å². The molecule has 8 heteroatoms. The highest BCUT2D eigenvalue weighted by Gasteiger charge is 2.21. The molecular formula is C12H22N4O4.